The number of hydrogen-bond donors (Lipinski definition) is 2. The van der Waals surface area contributed by atoms with Gasteiger partial charge in [0.05, 0.1) is 0 Å². The third kappa shape index (κ3) is 4.95. The van der Waals surface area contributed by atoms with E-state index in [0.29, 0.717) is 18.0 Å². The van der Waals surface area contributed by atoms with Gasteiger partial charge < -0.3 is 10.6 Å². The Kier molecular flexibility index (Phi) is 5.38. The third-order valence-corrected chi connectivity index (χ3v) is 3.14. The van der Waals surface area contributed by atoms with Crippen LogP contribution in [0.3, 0.4) is 0 Å². The molecule has 0 aliphatic carbocycles. The van der Waals surface area contributed by atoms with Gasteiger partial charge >= 0.3 is 0 Å². The van der Waals surface area contributed by atoms with Gasteiger partial charge in [0, 0.05) is 24.3 Å². The first-order valence-corrected chi connectivity index (χ1v) is 7.31. The minimum atomic E-state index is -0.0212. The summed E-state index contributed by atoms with van der Waals surface area (Å²) in [6.07, 6.45) is 0. The molecule has 2 aromatic carbocycles. The standard InChI is InChI=1S/C18H22N2O/c1-14(2)12-20-18(21)16-9-6-10-17(11-16)19-13-15-7-4-3-5-8-15/h3-11,14,19H,12-13H2,1-2H3,(H,20,21). The Morgan fingerprint density at radius 1 is 1.05 bits per heavy atom. The molecule has 0 fully saturated rings. The first-order chi connectivity index (χ1) is 10.1. The van der Waals surface area contributed by atoms with Crippen molar-refractivity contribution in [1.29, 1.82) is 0 Å². The summed E-state index contributed by atoms with van der Waals surface area (Å²) in [5, 5.41) is 6.27. The van der Waals surface area contributed by atoms with Gasteiger partial charge in [-0.15, -0.1) is 0 Å². The topological polar surface area (TPSA) is 41.1 Å². The van der Waals surface area contributed by atoms with Crippen molar-refractivity contribution >= 4 is 11.6 Å². The highest BCUT2D eigenvalue weighted by atomic mass is 16.1. The summed E-state index contributed by atoms with van der Waals surface area (Å²) in [7, 11) is 0. The first-order valence-electron chi connectivity index (χ1n) is 7.31. The highest BCUT2D eigenvalue weighted by molar-refractivity contribution is 5.95. The van der Waals surface area contributed by atoms with Crippen LogP contribution in [0.15, 0.2) is 54.6 Å². The molecule has 2 N–H and O–H groups in total. The summed E-state index contributed by atoms with van der Waals surface area (Å²) in [5.41, 5.74) is 2.86. The molecule has 2 rings (SSSR count). The Balaban J connectivity index is 1.96. The van der Waals surface area contributed by atoms with Crippen molar-refractivity contribution in [2.24, 2.45) is 5.92 Å². The average molecular weight is 282 g/mol. The lowest BCUT2D eigenvalue weighted by Gasteiger charge is -2.10. The molecule has 0 bridgehead atoms. The highest BCUT2D eigenvalue weighted by Gasteiger charge is 2.06. The molecule has 21 heavy (non-hydrogen) atoms. The number of nitrogens with one attached hydrogen (secondary N) is 2. The van der Waals surface area contributed by atoms with Gasteiger partial charge in [-0.05, 0) is 29.7 Å². The first kappa shape index (κ1) is 15.1. The normalized spacial score (nSPS) is 10.4. The van der Waals surface area contributed by atoms with Crippen molar-refractivity contribution in [3.8, 4) is 0 Å². The molecule has 0 aliphatic rings. The smallest absolute Gasteiger partial charge is 0.251 e. The molecule has 0 radical (unpaired) electrons. The molecule has 1 amide bonds. The van der Waals surface area contributed by atoms with E-state index in [1.807, 2.05) is 42.5 Å². The van der Waals surface area contributed by atoms with Crippen molar-refractivity contribution in [3.05, 3.63) is 65.7 Å². The maximum absolute atomic E-state index is 12.0. The van der Waals surface area contributed by atoms with Crippen LogP contribution in [0, 0.1) is 5.92 Å². The maximum Gasteiger partial charge on any atom is 0.251 e. The summed E-state index contributed by atoms with van der Waals surface area (Å²) >= 11 is 0. The molecule has 0 saturated heterocycles. The fraction of sp³-hybridized carbons (Fsp3) is 0.278. The van der Waals surface area contributed by atoms with Gasteiger partial charge in [-0.25, -0.2) is 0 Å². The van der Waals surface area contributed by atoms with E-state index in [4.69, 9.17) is 0 Å². The van der Waals surface area contributed by atoms with Crippen molar-refractivity contribution < 1.29 is 4.79 Å². The molecule has 3 heteroatoms. The zero-order valence-electron chi connectivity index (χ0n) is 12.6. The van der Waals surface area contributed by atoms with Crippen LogP contribution in [0.1, 0.15) is 29.8 Å². The van der Waals surface area contributed by atoms with Gasteiger partial charge in [-0.1, -0.05) is 50.2 Å². The number of amides is 1. The number of rotatable bonds is 6. The van der Waals surface area contributed by atoms with Gasteiger partial charge in [-0.3, -0.25) is 4.79 Å². The second-order valence-electron chi connectivity index (χ2n) is 5.52. The second-order valence-corrected chi connectivity index (χ2v) is 5.52. The van der Waals surface area contributed by atoms with Crippen LogP contribution < -0.4 is 10.6 Å². The highest BCUT2D eigenvalue weighted by Crippen LogP contribution is 2.12. The molecule has 2 aromatic rings. The predicted molar refractivity (Wildman–Crippen MR) is 87.4 cm³/mol. The molecule has 0 aromatic heterocycles. The largest absolute Gasteiger partial charge is 0.381 e. The fourth-order valence-electron chi connectivity index (χ4n) is 1.97. The summed E-state index contributed by atoms with van der Waals surface area (Å²) in [4.78, 5) is 12.0. The van der Waals surface area contributed by atoms with Crippen LogP contribution in [0.4, 0.5) is 5.69 Å². The van der Waals surface area contributed by atoms with Crippen molar-refractivity contribution in [3.63, 3.8) is 0 Å². The summed E-state index contributed by atoms with van der Waals surface area (Å²) in [6.45, 7) is 5.61. The third-order valence-electron chi connectivity index (χ3n) is 3.14. The lowest BCUT2D eigenvalue weighted by atomic mass is 10.1. The van der Waals surface area contributed by atoms with Crippen LogP contribution in [0.5, 0.6) is 0 Å². The van der Waals surface area contributed by atoms with E-state index >= 15 is 0 Å². The molecule has 0 spiro atoms. The number of benzene rings is 2. The Morgan fingerprint density at radius 3 is 2.52 bits per heavy atom. The number of carbonyl (C=O) groups excluding carboxylic acids is 1. The van der Waals surface area contributed by atoms with Gasteiger partial charge in [0.1, 0.15) is 0 Å². The van der Waals surface area contributed by atoms with Crippen molar-refractivity contribution in [1.82, 2.24) is 5.32 Å². The molecule has 0 heterocycles. The lowest BCUT2D eigenvalue weighted by molar-refractivity contribution is 0.0949. The van der Waals surface area contributed by atoms with Crippen LogP contribution in [-0.2, 0) is 6.54 Å². The summed E-state index contributed by atoms with van der Waals surface area (Å²) in [5.74, 6) is 0.431. The molecule has 0 aliphatic heterocycles. The molecule has 0 saturated carbocycles. The van der Waals surface area contributed by atoms with Gasteiger partial charge in [0.15, 0.2) is 0 Å². The zero-order chi connectivity index (χ0) is 15.1. The fourth-order valence-corrected chi connectivity index (χ4v) is 1.97. The van der Waals surface area contributed by atoms with Crippen LogP contribution in [0.25, 0.3) is 0 Å². The van der Waals surface area contributed by atoms with E-state index in [9.17, 15) is 4.79 Å². The van der Waals surface area contributed by atoms with Gasteiger partial charge in [0.25, 0.3) is 5.91 Å². The molecular weight excluding hydrogens is 260 g/mol. The average Bonchev–Trinajstić information content (AvgIpc) is 2.52. The number of anilines is 1. The van der Waals surface area contributed by atoms with Crippen molar-refractivity contribution in [2.75, 3.05) is 11.9 Å². The Hall–Kier alpha value is -2.29. The molecular formula is C18H22N2O. The van der Waals surface area contributed by atoms with Crippen LogP contribution in [0.2, 0.25) is 0 Å². The van der Waals surface area contributed by atoms with E-state index in [1.165, 1.54) is 5.56 Å². The lowest BCUT2D eigenvalue weighted by Crippen LogP contribution is -2.27. The number of hydrogen-bond acceptors (Lipinski definition) is 2. The summed E-state index contributed by atoms with van der Waals surface area (Å²) < 4.78 is 0. The van der Waals surface area contributed by atoms with Gasteiger partial charge in [-0.2, -0.15) is 0 Å². The van der Waals surface area contributed by atoms with Crippen LogP contribution >= 0.6 is 0 Å². The SMILES string of the molecule is CC(C)CNC(=O)c1cccc(NCc2ccccc2)c1. The van der Waals surface area contributed by atoms with Crippen molar-refractivity contribution in [2.45, 2.75) is 20.4 Å². The van der Waals surface area contributed by atoms with E-state index in [-0.39, 0.29) is 5.91 Å². The molecule has 110 valence electrons. The van der Waals surface area contributed by atoms with E-state index in [2.05, 4.69) is 36.6 Å². The molecule has 3 nitrogen and oxygen atoms in total. The summed E-state index contributed by atoms with van der Waals surface area (Å²) in [6, 6.07) is 17.8. The van der Waals surface area contributed by atoms with E-state index in [1.54, 1.807) is 0 Å². The molecule has 0 unspecified atom stereocenters. The number of carbonyl (C=O) groups is 1. The predicted octanol–water partition coefficient (Wildman–Crippen LogP) is 3.68. The minimum Gasteiger partial charge on any atom is -0.381 e. The molecule has 0 atom stereocenters. The van der Waals surface area contributed by atoms with E-state index < -0.39 is 0 Å². The maximum atomic E-state index is 12.0. The minimum absolute atomic E-state index is 0.0212. The van der Waals surface area contributed by atoms with E-state index in [0.717, 1.165) is 12.2 Å². The quantitative estimate of drug-likeness (QED) is 0.848. The van der Waals surface area contributed by atoms with Crippen LogP contribution in [-0.4, -0.2) is 12.5 Å². The second kappa shape index (κ2) is 7.48. The monoisotopic (exact) mass is 282 g/mol. The Bertz CT molecular complexity index is 579. The zero-order valence-corrected chi connectivity index (χ0v) is 12.6. The Labute approximate surface area is 126 Å². The van der Waals surface area contributed by atoms with Gasteiger partial charge in [0.2, 0.25) is 0 Å². The Morgan fingerprint density at radius 2 is 1.81 bits per heavy atom.